The summed E-state index contributed by atoms with van der Waals surface area (Å²) in [6, 6.07) is 0.627. The van der Waals surface area contributed by atoms with Crippen molar-refractivity contribution in [2.75, 3.05) is 18.4 Å². The fraction of sp³-hybridized carbons (Fsp3) is 0.600. The maximum Gasteiger partial charge on any atom is 0.138 e. The molecule has 1 saturated heterocycles. The fourth-order valence-corrected chi connectivity index (χ4v) is 4.60. The largest absolute Gasteiger partial charge is 0.369 e. The summed E-state index contributed by atoms with van der Waals surface area (Å²) in [5, 5.41) is 4.82. The highest BCUT2D eigenvalue weighted by Crippen LogP contribution is 2.38. The number of aryl methyl sites for hydroxylation is 2. The number of fused-ring (bicyclic) bond motifs is 3. The molecule has 2 aromatic rings. The molecule has 1 aliphatic heterocycles. The molecule has 0 spiro atoms. The second-order valence-electron chi connectivity index (χ2n) is 5.89. The maximum absolute atomic E-state index is 4.48. The number of nitrogens with one attached hydrogen (secondary N) is 3. The molecule has 0 saturated carbocycles. The second kappa shape index (κ2) is 5.87. The highest BCUT2D eigenvalue weighted by Gasteiger charge is 2.21. The van der Waals surface area contributed by atoms with E-state index in [1.165, 1.54) is 47.9 Å². The molecule has 0 radical (unpaired) electrons. The van der Waals surface area contributed by atoms with Crippen molar-refractivity contribution in [1.82, 2.24) is 20.8 Å². The van der Waals surface area contributed by atoms with Crippen molar-refractivity contribution >= 4 is 27.4 Å². The molecule has 1 atom stereocenters. The summed E-state index contributed by atoms with van der Waals surface area (Å²) in [6.45, 7) is 2.07. The first-order valence-electron chi connectivity index (χ1n) is 7.89. The summed E-state index contributed by atoms with van der Waals surface area (Å²) in [6.07, 6.45) is 8.98. The zero-order chi connectivity index (χ0) is 14.1. The number of thiophene rings is 1. The molecule has 0 bridgehead atoms. The summed E-state index contributed by atoms with van der Waals surface area (Å²) in [7, 11) is 0. The lowest BCUT2D eigenvalue weighted by molar-refractivity contribution is 0.511. The Morgan fingerprint density at radius 1 is 1.33 bits per heavy atom. The standard InChI is InChI=1S/C15H21N5S/c1-4-11-12(5-1)21-15-13(11)14(17-9-18-15)16-7-2-3-10-6-8-19-20-10/h9-10,19-20H,1-8H2,(H,16,17,18). The number of rotatable bonds is 5. The summed E-state index contributed by atoms with van der Waals surface area (Å²) in [4.78, 5) is 11.6. The van der Waals surface area contributed by atoms with Gasteiger partial charge in [-0.05, 0) is 44.1 Å². The van der Waals surface area contributed by atoms with E-state index >= 15 is 0 Å². The van der Waals surface area contributed by atoms with E-state index in [1.807, 2.05) is 11.3 Å². The van der Waals surface area contributed by atoms with Crippen LogP contribution >= 0.6 is 11.3 Å². The van der Waals surface area contributed by atoms with Gasteiger partial charge in [0.1, 0.15) is 17.0 Å². The van der Waals surface area contributed by atoms with E-state index in [-0.39, 0.29) is 0 Å². The highest BCUT2D eigenvalue weighted by atomic mass is 32.1. The Morgan fingerprint density at radius 3 is 3.24 bits per heavy atom. The smallest absolute Gasteiger partial charge is 0.138 e. The van der Waals surface area contributed by atoms with Crippen molar-refractivity contribution in [3.05, 3.63) is 16.8 Å². The monoisotopic (exact) mass is 303 g/mol. The summed E-state index contributed by atoms with van der Waals surface area (Å²) in [5.41, 5.74) is 8.00. The van der Waals surface area contributed by atoms with Crippen LogP contribution in [0.5, 0.6) is 0 Å². The van der Waals surface area contributed by atoms with Crippen LogP contribution in [-0.4, -0.2) is 29.1 Å². The zero-order valence-corrected chi connectivity index (χ0v) is 12.9. The van der Waals surface area contributed by atoms with Crippen molar-refractivity contribution in [3.8, 4) is 0 Å². The van der Waals surface area contributed by atoms with Gasteiger partial charge in [-0.15, -0.1) is 11.3 Å². The molecule has 1 fully saturated rings. The van der Waals surface area contributed by atoms with Crippen molar-refractivity contribution in [3.63, 3.8) is 0 Å². The minimum Gasteiger partial charge on any atom is -0.369 e. The van der Waals surface area contributed by atoms with E-state index in [0.29, 0.717) is 6.04 Å². The van der Waals surface area contributed by atoms with Crippen molar-refractivity contribution < 1.29 is 0 Å². The Labute approximate surface area is 128 Å². The topological polar surface area (TPSA) is 61.9 Å². The van der Waals surface area contributed by atoms with E-state index < -0.39 is 0 Å². The van der Waals surface area contributed by atoms with Gasteiger partial charge >= 0.3 is 0 Å². The Balaban J connectivity index is 1.43. The van der Waals surface area contributed by atoms with Crippen molar-refractivity contribution in [1.29, 1.82) is 0 Å². The second-order valence-corrected chi connectivity index (χ2v) is 6.97. The third-order valence-electron chi connectivity index (χ3n) is 4.45. The average Bonchev–Trinajstić information content (AvgIpc) is 3.19. The first-order valence-corrected chi connectivity index (χ1v) is 8.71. The molecule has 112 valence electrons. The molecular formula is C15H21N5S. The van der Waals surface area contributed by atoms with Crippen LogP contribution in [0.4, 0.5) is 5.82 Å². The predicted molar refractivity (Wildman–Crippen MR) is 86.7 cm³/mol. The third kappa shape index (κ3) is 2.63. The number of anilines is 1. The normalized spacial score (nSPS) is 21.0. The molecule has 3 heterocycles. The number of nitrogens with zero attached hydrogens (tertiary/aromatic N) is 2. The first kappa shape index (κ1) is 13.4. The molecule has 0 amide bonds. The van der Waals surface area contributed by atoms with Crippen molar-refractivity contribution in [2.45, 2.75) is 44.6 Å². The van der Waals surface area contributed by atoms with Gasteiger partial charge in [-0.25, -0.2) is 9.97 Å². The van der Waals surface area contributed by atoms with Crippen LogP contribution < -0.4 is 16.2 Å². The van der Waals surface area contributed by atoms with E-state index in [0.717, 1.165) is 30.2 Å². The van der Waals surface area contributed by atoms with Crippen LogP contribution in [0.25, 0.3) is 10.2 Å². The van der Waals surface area contributed by atoms with Gasteiger partial charge in [0.2, 0.25) is 0 Å². The summed E-state index contributed by atoms with van der Waals surface area (Å²) >= 11 is 1.85. The quantitative estimate of drug-likeness (QED) is 0.740. The average molecular weight is 303 g/mol. The van der Waals surface area contributed by atoms with E-state index in [9.17, 15) is 0 Å². The van der Waals surface area contributed by atoms with E-state index in [2.05, 4.69) is 26.1 Å². The van der Waals surface area contributed by atoms with Gasteiger partial charge in [0.25, 0.3) is 0 Å². The minimum absolute atomic E-state index is 0.627. The van der Waals surface area contributed by atoms with Crippen LogP contribution in [0, 0.1) is 0 Å². The van der Waals surface area contributed by atoms with Crippen LogP contribution in [-0.2, 0) is 12.8 Å². The zero-order valence-electron chi connectivity index (χ0n) is 12.1. The molecule has 2 aromatic heterocycles. The van der Waals surface area contributed by atoms with Crippen LogP contribution in [0.2, 0.25) is 0 Å². The van der Waals surface area contributed by atoms with E-state index in [4.69, 9.17) is 0 Å². The highest BCUT2D eigenvalue weighted by molar-refractivity contribution is 7.19. The van der Waals surface area contributed by atoms with Crippen LogP contribution in [0.3, 0.4) is 0 Å². The van der Waals surface area contributed by atoms with Gasteiger partial charge < -0.3 is 5.32 Å². The lowest BCUT2D eigenvalue weighted by Crippen LogP contribution is -2.30. The minimum atomic E-state index is 0.627. The number of aromatic nitrogens is 2. The number of hydrogen-bond acceptors (Lipinski definition) is 6. The number of hydrazine groups is 1. The third-order valence-corrected chi connectivity index (χ3v) is 5.65. The SMILES string of the molecule is c1nc(NCCCC2CCNN2)c2c3c(sc2n1)CCC3. The van der Waals surface area contributed by atoms with Gasteiger partial charge in [0.05, 0.1) is 5.39 Å². The molecule has 2 aliphatic rings. The Kier molecular flexibility index (Phi) is 3.75. The molecule has 3 N–H and O–H groups in total. The Hall–Kier alpha value is -1.24. The first-order chi connectivity index (χ1) is 10.4. The van der Waals surface area contributed by atoms with Crippen molar-refractivity contribution in [2.24, 2.45) is 0 Å². The maximum atomic E-state index is 4.48. The molecule has 0 aromatic carbocycles. The predicted octanol–water partition coefficient (Wildman–Crippen LogP) is 2.24. The molecule has 5 nitrogen and oxygen atoms in total. The lowest BCUT2D eigenvalue weighted by Gasteiger charge is -2.10. The van der Waals surface area contributed by atoms with Gasteiger partial charge in [0, 0.05) is 24.0 Å². The number of hydrogen-bond donors (Lipinski definition) is 3. The molecule has 21 heavy (non-hydrogen) atoms. The summed E-state index contributed by atoms with van der Waals surface area (Å²) < 4.78 is 0. The molecule has 1 aliphatic carbocycles. The lowest BCUT2D eigenvalue weighted by atomic mass is 10.1. The van der Waals surface area contributed by atoms with Gasteiger partial charge in [-0.1, -0.05) is 0 Å². The summed E-state index contributed by atoms with van der Waals surface area (Å²) in [5.74, 6) is 1.04. The van der Waals surface area contributed by atoms with Gasteiger partial charge in [0.15, 0.2) is 0 Å². The van der Waals surface area contributed by atoms with Crippen LogP contribution in [0.15, 0.2) is 6.33 Å². The van der Waals surface area contributed by atoms with Gasteiger partial charge in [-0.3, -0.25) is 10.9 Å². The Bertz CT molecular complexity index is 632. The van der Waals surface area contributed by atoms with E-state index in [1.54, 1.807) is 6.33 Å². The Morgan fingerprint density at radius 2 is 2.33 bits per heavy atom. The molecule has 6 heteroatoms. The van der Waals surface area contributed by atoms with Crippen LogP contribution in [0.1, 0.15) is 36.1 Å². The molecular weight excluding hydrogens is 282 g/mol. The van der Waals surface area contributed by atoms with Gasteiger partial charge in [-0.2, -0.15) is 0 Å². The fourth-order valence-electron chi connectivity index (χ4n) is 3.37. The molecule has 1 unspecified atom stereocenters. The molecule has 4 rings (SSSR count).